The van der Waals surface area contributed by atoms with Gasteiger partial charge in [-0.3, -0.25) is 0 Å². The minimum absolute atomic E-state index is 0.269. The number of anilines is 2. The van der Waals surface area contributed by atoms with Crippen LogP contribution in [0.25, 0.3) is 0 Å². The van der Waals surface area contributed by atoms with Crippen LogP contribution in [0.1, 0.15) is 18.7 Å². The number of nitrogens with two attached hydrogens (primary N) is 1. The van der Waals surface area contributed by atoms with E-state index in [4.69, 9.17) is 17.3 Å². The Hall–Kier alpha value is -1.53. The molecule has 0 spiro atoms. The lowest BCUT2D eigenvalue weighted by Gasteiger charge is -2.07. The van der Waals surface area contributed by atoms with Crippen LogP contribution in [0.15, 0.2) is 29.4 Å². The average Bonchev–Trinajstić information content (AvgIpc) is 3.20. The Labute approximate surface area is 126 Å². The lowest BCUT2D eigenvalue weighted by molar-refractivity contribution is 0.830. The van der Waals surface area contributed by atoms with Gasteiger partial charge < -0.3 is 11.1 Å². The molecule has 7 heteroatoms. The number of rotatable bonds is 5. The summed E-state index contributed by atoms with van der Waals surface area (Å²) in [7, 11) is 0. The van der Waals surface area contributed by atoms with E-state index in [1.807, 2.05) is 24.3 Å². The molecule has 0 unspecified atom stereocenters. The molecule has 1 aromatic carbocycles. The van der Waals surface area contributed by atoms with Gasteiger partial charge in [0.05, 0.1) is 6.54 Å². The maximum absolute atomic E-state index is 5.94. The van der Waals surface area contributed by atoms with Gasteiger partial charge in [-0.05, 0) is 31.0 Å². The van der Waals surface area contributed by atoms with Crippen molar-refractivity contribution in [2.75, 3.05) is 11.1 Å². The Kier molecular flexibility index (Phi) is 3.93. The molecule has 104 valence electrons. The lowest BCUT2D eigenvalue weighted by atomic mass is 10.3. The van der Waals surface area contributed by atoms with Crippen molar-refractivity contribution >= 4 is 35.0 Å². The maximum Gasteiger partial charge on any atom is 0.224 e. The summed E-state index contributed by atoms with van der Waals surface area (Å²) in [5.74, 6) is 0.909. The summed E-state index contributed by atoms with van der Waals surface area (Å²) in [5, 5.41) is 5.27. The van der Waals surface area contributed by atoms with E-state index in [0.29, 0.717) is 27.8 Å². The smallest absolute Gasteiger partial charge is 0.224 e. The lowest BCUT2D eigenvalue weighted by Crippen LogP contribution is -2.09. The van der Waals surface area contributed by atoms with Crippen molar-refractivity contribution in [3.8, 4) is 0 Å². The Balaban J connectivity index is 1.68. The predicted octanol–water partition coefficient (Wildman–Crippen LogP) is 2.97. The number of benzene rings is 1. The minimum Gasteiger partial charge on any atom is -0.378 e. The van der Waals surface area contributed by atoms with Crippen LogP contribution in [0.2, 0.25) is 5.02 Å². The highest BCUT2D eigenvalue weighted by Gasteiger charge is 2.24. The molecule has 1 heterocycles. The fourth-order valence-corrected chi connectivity index (χ4v) is 2.83. The molecule has 3 rings (SSSR count). The van der Waals surface area contributed by atoms with Crippen LogP contribution in [0.4, 0.5) is 11.6 Å². The van der Waals surface area contributed by atoms with Gasteiger partial charge in [0.2, 0.25) is 5.95 Å². The molecule has 0 aliphatic heterocycles. The molecule has 1 aliphatic rings. The summed E-state index contributed by atoms with van der Waals surface area (Å²) in [6, 6.07) is 7.51. The third-order valence-electron chi connectivity index (χ3n) is 2.75. The van der Waals surface area contributed by atoms with Gasteiger partial charge in [0, 0.05) is 16.0 Å². The number of nitrogens with zero attached hydrogens (tertiary/aromatic N) is 3. The first-order valence-corrected chi connectivity index (χ1v) is 7.61. The van der Waals surface area contributed by atoms with Crippen LogP contribution in [-0.4, -0.2) is 20.2 Å². The van der Waals surface area contributed by atoms with Gasteiger partial charge in [-0.25, -0.2) is 4.98 Å². The Morgan fingerprint density at radius 3 is 2.90 bits per heavy atom. The zero-order valence-electron chi connectivity index (χ0n) is 10.7. The van der Waals surface area contributed by atoms with Crippen LogP contribution >= 0.6 is 23.4 Å². The number of nitrogen functional groups attached to an aromatic ring is 1. The van der Waals surface area contributed by atoms with Gasteiger partial charge in [0.15, 0.2) is 11.0 Å². The number of thioether (sulfide) groups is 1. The van der Waals surface area contributed by atoms with Gasteiger partial charge in [-0.2, -0.15) is 9.97 Å². The number of nitrogens with one attached hydrogen (secondary N) is 1. The molecule has 5 nitrogen and oxygen atoms in total. The number of hydrogen-bond donors (Lipinski definition) is 2. The molecule has 1 saturated carbocycles. The SMILES string of the molecule is Nc1nc(CNc2cccc(Cl)c2)nc(SC2CC2)n1. The Morgan fingerprint density at radius 2 is 2.15 bits per heavy atom. The minimum atomic E-state index is 0.269. The summed E-state index contributed by atoms with van der Waals surface area (Å²) in [5.41, 5.74) is 6.65. The highest BCUT2D eigenvalue weighted by atomic mass is 35.5. The van der Waals surface area contributed by atoms with Gasteiger partial charge >= 0.3 is 0 Å². The summed E-state index contributed by atoms with van der Waals surface area (Å²) >= 11 is 7.61. The van der Waals surface area contributed by atoms with Crippen LogP contribution in [0, 0.1) is 0 Å². The van der Waals surface area contributed by atoms with Crippen molar-refractivity contribution in [2.45, 2.75) is 29.8 Å². The molecular weight excluding hydrogens is 294 g/mol. The van der Waals surface area contributed by atoms with Gasteiger partial charge in [0.25, 0.3) is 0 Å². The standard InChI is InChI=1S/C13H14ClN5S/c14-8-2-1-3-9(6-8)16-7-11-17-12(15)19-13(18-11)20-10-4-5-10/h1-3,6,10,16H,4-5,7H2,(H2,15,17,18,19). The van der Waals surface area contributed by atoms with Crippen LogP contribution in [-0.2, 0) is 6.54 Å². The van der Waals surface area contributed by atoms with E-state index in [1.54, 1.807) is 11.8 Å². The van der Waals surface area contributed by atoms with E-state index >= 15 is 0 Å². The molecule has 3 N–H and O–H groups in total. The molecular formula is C13H14ClN5S. The number of halogens is 1. The third kappa shape index (κ3) is 3.74. The summed E-state index contributed by atoms with van der Waals surface area (Å²) in [6.45, 7) is 0.491. The molecule has 0 amide bonds. The summed E-state index contributed by atoms with van der Waals surface area (Å²) in [4.78, 5) is 12.7. The third-order valence-corrected chi connectivity index (χ3v) is 4.18. The Bertz CT molecular complexity index is 617. The first-order chi connectivity index (χ1) is 9.69. The van der Waals surface area contributed by atoms with Crippen molar-refractivity contribution in [1.29, 1.82) is 0 Å². The van der Waals surface area contributed by atoms with E-state index in [1.165, 1.54) is 12.8 Å². The van der Waals surface area contributed by atoms with Crippen molar-refractivity contribution < 1.29 is 0 Å². The number of aromatic nitrogens is 3. The van der Waals surface area contributed by atoms with Crippen molar-refractivity contribution in [1.82, 2.24) is 15.0 Å². The molecule has 0 bridgehead atoms. The second-order valence-corrected chi connectivity index (χ2v) is 6.28. The van der Waals surface area contributed by atoms with Crippen LogP contribution < -0.4 is 11.1 Å². The summed E-state index contributed by atoms with van der Waals surface area (Å²) in [6.07, 6.45) is 2.46. The van der Waals surface area contributed by atoms with Crippen molar-refractivity contribution in [3.05, 3.63) is 35.1 Å². The van der Waals surface area contributed by atoms with Crippen LogP contribution in [0.3, 0.4) is 0 Å². The molecule has 1 aromatic heterocycles. The van der Waals surface area contributed by atoms with Gasteiger partial charge in [-0.1, -0.05) is 29.4 Å². The molecule has 0 atom stereocenters. The molecule has 1 aliphatic carbocycles. The van der Waals surface area contributed by atoms with Crippen molar-refractivity contribution in [2.24, 2.45) is 0 Å². The first-order valence-electron chi connectivity index (χ1n) is 6.35. The first kappa shape index (κ1) is 13.5. The van der Waals surface area contributed by atoms with Gasteiger partial charge in [-0.15, -0.1) is 0 Å². The number of hydrogen-bond acceptors (Lipinski definition) is 6. The monoisotopic (exact) mass is 307 g/mol. The largest absolute Gasteiger partial charge is 0.378 e. The molecule has 1 fully saturated rings. The van der Waals surface area contributed by atoms with Crippen LogP contribution in [0.5, 0.6) is 0 Å². The van der Waals surface area contributed by atoms with Gasteiger partial charge in [0.1, 0.15) is 0 Å². The second-order valence-electron chi connectivity index (χ2n) is 4.57. The summed E-state index contributed by atoms with van der Waals surface area (Å²) < 4.78 is 0. The maximum atomic E-state index is 5.94. The molecule has 2 aromatic rings. The normalized spacial score (nSPS) is 14.2. The topological polar surface area (TPSA) is 76.7 Å². The van der Waals surface area contributed by atoms with Crippen molar-refractivity contribution in [3.63, 3.8) is 0 Å². The fraction of sp³-hybridized carbons (Fsp3) is 0.308. The van der Waals surface area contributed by atoms with E-state index in [2.05, 4.69) is 20.3 Å². The van der Waals surface area contributed by atoms with E-state index in [9.17, 15) is 0 Å². The van der Waals surface area contributed by atoms with E-state index in [0.717, 1.165) is 5.69 Å². The zero-order valence-corrected chi connectivity index (χ0v) is 12.3. The zero-order chi connectivity index (χ0) is 13.9. The quantitative estimate of drug-likeness (QED) is 0.884. The highest BCUT2D eigenvalue weighted by Crippen LogP contribution is 2.37. The molecule has 0 radical (unpaired) electrons. The predicted molar refractivity (Wildman–Crippen MR) is 81.9 cm³/mol. The highest BCUT2D eigenvalue weighted by molar-refractivity contribution is 8.00. The fourth-order valence-electron chi connectivity index (χ4n) is 1.66. The molecule has 0 saturated heterocycles. The van der Waals surface area contributed by atoms with E-state index < -0.39 is 0 Å². The second kappa shape index (κ2) is 5.85. The van der Waals surface area contributed by atoms with E-state index in [-0.39, 0.29) is 5.95 Å². The average molecular weight is 308 g/mol. The molecule has 20 heavy (non-hydrogen) atoms. The Morgan fingerprint density at radius 1 is 1.30 bits per heavy atom.